The normalized spacial score (nSPS) is 10.8. The van der Waals surface area contributed by atoms with Crippen molar-refractivity contribution in [2.75, 3.05) is 20.3 Å². The van der Waals surface area contributed by atoms with Crippen LogP contribution in [0.1, 0.15) is 54.4 Å². The molecule has 33 heavy (non-hydrogen) atoms. The topological polar surface area (TPSA) is 74.6 Å². The van der Waals surface area contributed by atoms with Crippen molar-refractivity contribution in [1.82, 2.24) is 4.57 Å². The van der Waals surface area contributed by atoms with E-state index < -0.39 is 12.6 Å². The summed E-state index contributed by atoms with van der Waals surface area (Å²) in [5.41, 5.74) is 3.00. The Morgan fingerprint density at radius 2 is 1.61 bits per heavy atom. The summed E-state index contributed by atoms with van der Waals surface area (Å²) >= 11 is 5.89. The van der Waals surface area contributed by atoms with Crippen molar-refractivity contribution in [1.29, 1.82) is 0 Å². The molecule has 2 aromatic carbocycles. The fraction of sp³-hybridized carbons (Fsp3) is 0.269. The number of esters is 1. The van der Waals surface area contributed by atoms with Crippen molar-refractivity contribution in [3.8, 4) is 0 Å². The predicted octanol–water partition coefficient (Wildman–Crippen LogP) is 5.07. The van der Waals surface area contributed by atoms with Crippen LogP contribution in [0.2, 0.25) is 5.02 Å². The Kier molecular flexibility index (Phi) is 8.20. The smallest absolute Gasteiger partial charge is 0.339 e. The van der Waals surface area contributed by atoms with Crippen molar-refractivity contribution >= 4 is 29.1 Å². The zero-order valence-electron chi connectivity index (χ0n) is 18.9. The lowest BCUT2D eigenvalue weighted by atomic mass is 9.98. The van der Waals surface area contributed by atoms with Crippen LogP contribution >= 0.6 is 11.6 Å². The number of methoxy groups -OCH3 is 1. The average Bonchev–Trinajstić information content (AvgIpc) is 3.11. The predicted molar refractivity (Wildman–Crippen MR) is 126 cm³/mol. The first-order chi connectivity index (χ1) is 15.8. The minimum Gasteiger partial charge on any atom is -0.454 e. The maximum Gasteiger partial charge on any atom is 0.339 e. The molecule has 3 aromatic rings. The third-order valence-corrected chi connectivity index (χ3v) is 5.69. The lowest BCUT2D eigenvalue weighted by Gasteiger charge is -2.10. The van der Waals surface area contributed by atoms with E-state index >= 15 is 0 Å². The van der Waals surface area contributed by atoms with Gasteiger partial charge in [0.15, 0.2) is 12.4 Å². The molecule has 172 valence electrons. The molecule has 0 N–H and O–H groups in total. The second-order valence-corrected chi connectivity index (χ2v) is 8.10. The molecule has 0 saturated carbocycles. The van der Waals surface area contributed by atoms with E-state index in [1.165, 1.54) is 6.07 Å². The lowest BCUT2D eigenvalue weighted by molar-refractivity contribution is 0.0472. The van der Waals surface area contributed by atoms with E-state index in [1.807, 2.05) is 18.4 Å². The molecule has 0 atom stereocenters. The molecular weight excluding hydrogens is 442 g/mol. The van der Waals surface area contributed by atoms with Gasteiger partial charge in [-0.1, -0.05) is 29.8 Å². The lowest BCUT2D eigenvalue weighted by Crippen LogP contribution is -2.17. The van der Waals surface area contributed by atoms with Gasteiger partial charge in [-0.05, 0) is 56.7 Å². The monoisotopic (exact) mass is 467 g/mol. The van der Waals surface area contributed by atoms with Crippen LogP contribution in [-0.2, 0) is 16.0 Å². The number of ketones is 2. The fourth-order valence-corrected chi connectivity index (χ4v) is 3.82. The summed E-state index contributed by atoms with van der Waals surface area (Å²) in [6.07, 6.45) is 0.827. The van der Waals surface area contributed by atoms with E-state index in [4.69, 9.17) is 21.1 Å². The SMILES string of the molecule is COCCCn1c(C)cc(C(=O)COC(=O)c2ccccc2C(=O)c2ccc(Cl)cc2)c1C. The van der Waals surface area contributed by atoms with Crippen molar-refractivity contribution < 1.29 is 23.9 Å². The summed E-state index contributed by atoms with van der Waals surface area (Å²) in [6.45, 7) is 4.76. The maximum atomic E-state index is 12.9. The van der Waals surface area contributed by atoms with Crippen LogP contribution in [0.4, 0.5) is 0 Å². The number of carbonyl (C=O) groups is 3. The number of aryl methyl sites for hydroxylation is 1. The summed E-state index contributed by atoms with van der Waals surface area (Å²) in [6, 6.07) is 14.6. The van der Waals surface area contributed by atoms with E-state index in [9.17, 15) is 14.4 Å². The molecule has 0 aliphatic heterocycles. The minimum absolute atomic E-state index is 0.107. The highest BCUT2D eigenvalue weighted by atomic mass is 35.5. The Balaban J connectivity index is 1.72. The second kappa shape index (κ2) is 11.1. The number of rotatable bonds is 10. The van der Waals surface area contributed by atoms with Gasteiger partial charge in [-0.15, -0.1) is 0 Å². The van der Waals surface area contributed by atoms with Crippen molar-refractivity contribution in [2.45, 2.75) is 26.8 Å². The Bertz CT molecular complexity index is 1160. The van der Waals surface area contributed by atoms with Crippen molar-refractivity contribution in [2.24, 2.45) is 0 Å². The highest BCUT2D eigenvalue weighted by Crippen LogP contribution is 2.19. The van der Waals surface area contributed by atoms with E-state index in [-0.39, 0.29) is 22.7 Å². The van der Waals surface area contributed by atoms with Gasteiger partial charge in [0.25, 0.3) is 0 Å². The largest absolute Gasteiger partial charge is 0.454 e. The molecule has 1 aromatic heterocycles. The number of carbonyl (C=O) groups excluding carboxylic acids is 3. The van der Waals surface area contributed by atoms with Gasteiger partial charge in [-0.2, -0.15) is 0 Å². The van der Waals surface area contributed by atoms with E-state index in [0.29, 0.717) is 22.8 Å². The Labute approximate surface area is 198 Å². The Hall–Kier alpha value is -3.22. The summed E-state index contributed by atoms with van der Waals surface area (Å²) in [5.74, 6) is -1.35. The first-order valence-corrected chi connectivity index (χ1v) is 11.0. The molecule has 0 aliphatic carbocycles. The second-order valence-electron chi connectivity index (χ2n) is 7.66. The number of ether oxygens (including phenoxy) is 2. The first kappa shape index (κ1) is 24.4. The third-order valence-electron chi connectivity index (χ3n) is 5.44. The third kappa shape index (κ3) is 5.78. The van der Waals surface area contributed by atoms with Crippen LogP contribution < -0.4 is 0 Å². The molecule has 0 bridgehead atoms. The zero-order valence-corrected chi connectivity index (χ0v) is 19.6. The summed E-state index contributed by atoms with van der Waals surface area (Å²) in [7, 11) is 1.65. The van der Waals surface area contributed by atoms with Gasteiger partial charge >= 0.3 is 5.97 Å². The first-order valence-electron chi connectivity index (χ1n) is 10.6. The summed E-state index contributed by atoms with van der Waals surface area (Å²) in [4.78, 5) is 38.4. The molecule has 0 unspecified atom stereocenters. The van der Waals surface area contributed by atoms with Crippen LogP contribution in [0.3, 0.4) is 0 Å². The fourth-order valence-electron chi connectivity index (χ4n) is 3.70. The van der Waals surface area contributed by atoms with Crippen LogP contribution in [-0.4, -0.2) is 42.4 Å². The van der Waals surface area contributed by atoms with Gasteiger partial charge in [0.2, 0.25) is 5.78 Å². The number of aromatic nitrogens is 1. The highest BCUT2D eigenvalue weighted by Gasteiger charge is 2.21. The van der Waals surface area contributed by atoms with Crippen LogP contribution in [0, 0.1) is 13.8 Å². The molecule has 0 radical (unpaired) electrons. The zero-order chi connectivity index (χ0) is 24.0. The van der Waals surface area contributed by atoms with Crippen molar-refractivity contribution in [3.05, 3.63) is 93.3 Å². The van der Waals surface area contributed by atoms with Gasteiger partial charge < -0.3 is 14.0 Å². The van der Waals surface area contributed by atoms with E-state index in [1.54, 1.807) is 55.6 Å². The van der Waals surface area contributed by atoms with E-state index in [2.05, 4.69) is 0 Å². The molecule has 1 heterocycles. The molecule has 0 fully saturated rings. The standard InChI is InChI=1S/C26H26ClNO5/c1-17-15-23(18(2)28(17)13-6-14-32-3)24(29)16-33-26(31)22-8-5-4-7-21(22)25(30)19-9-11-20(27)12-10-19/h4-5,7-12,15H,6,13-14,16H2,1-3H3. The molecule has 7 heteroatoms. The number of Topliss-reactive ketones (excluding diaryl/α,β-unsaturated/α-hetero) is 1. The van der Waals surface area contributed by atoms with Crippen LogP contribution in [0.15, 0.2) is 54.6 Å². The number of nitrogens with zero attached hydrogens (tertiary/aromatic N) is 1. The number of benzene rings is 2. The van der Waals surface area contributed by atoms with Crippen LogP contribution in [0.5, 0.6) is 0 Å². The number of hydrogen-bond donors (Lipinski definition) is 0. The van der Waals surface area contributed by atoms with Gasteiger partial charge in [0, 0.05) is 53.4 Å². The molecule has 6 nitrogen and oxygen atoms in total. The summed E-state index contributed by atoms with van der Waals surface area (Å²) < 4.78 is 12.4. The van der Waals surface area contributed by atoms with Gasteiger partial charge in [-0.3, -0.25) is 9.59 Å². The van der Waals surface area contributed by atoms with Crippen LogP contribution in [0.25, 0.3) is 0 Å². The van der Waals surface area contributed by atoms with Crippen molar-refractivity contribution in [3.63, 3.8) is 0 Å². The molecule has 0 spiro atoms. The van der Waals surface area contributed by atoms with E-state index in [0.717, 1.165) is 24.4 Å². The van der Waals surface area contributed by atoms with Gasteiger partial charge in [0.05, 0.1) is 5.56 Å². The summed E-state index contributed by atoms with van der Waals surface area (Å²) in [5, 5.41) is 0.510. The Morgan fingerprint density at radius 1 is 0.939 bits per heavy atom. The maximum absolute atomic E-state index is 12.9. The number of halogens is 1. The van der Waals surface area contributed by atoms with Gasteiger partial charge in [0.1, 0.15) is 0 Å². The average molecular weight is 468 g/mol. The molecule has 0 aliphatic rings. The molecule has 3 rings (SSSR count). The molecule has 0 amide bonds. The Morgan fingerprint density at radius 3 is 2.27 bits per heavy atom. The quantitative estimate of drug-likeness (QED) is 0.236. The number of hydrogen-bond acceptors (Lipinski definition) is 5. The minimum atomic E-state index is -0.727. The van der Waals surface area contributed by atoms with Gasteiger partial charge in [-0.25, -0.2) is 4.79 Å². The highest BCUT2D eigenvalue weighted by molar-refractivity contribution is 6.30. The molecular formula is C26H26ClNO5. The molecule has 0 saturated heterocycles.